The van der Waals surface area contributed by atoms with Gasteiger partial charge < -0.3 is 15.2 Å². The van der Waals surface area contributed by atoms with E-state index in [1.807, 2.05) is 0 Å². The number of aliphatic carboxylic acids is 1. The summed E-state index contributed by atoms with van der Waals surface area (Å²) in [7, 11) is 1.51. The van der Waals surface area contributed by atoms with Gasteiger partial charge in [0.2, 0.25) is 5.88 Å². The average molecular weight is 225 g/mol. The Morgan fingerprint density at radius 2 is 2.19 bits per heavy atom. The van der Waals surface area contributed by atoms with Crippen molar-refractivity contribution in [2.24, 2.45) is 5.92 Å². The second kappa shape index (κ2) is 5.29. The molecule has 0 spiro atoms. The van der Waals surface area contributed by atoms with Crippen LogP contribution in [0.2, 0.25) is 0 Å². The van der Waals surface area contributed by atoms with Crippen molar-refractivity contribution in [1.29, 1.82) is 0 Å². The monoisotopic (exact) mass is 225 g/mol. The molecule has 6 heteroatoms. The predicted octanol–water partition coefficient (Wildman–Crippen LogP) is 1.01. The quantitative estimate of drug-likeness (QED) is 0.777. The number of carbonyl (C=O) groups is 1. The number of carboxylic acids is 1. The number of nitrogens with one attached hydrogen (secondary N) is 1. The van der Waals surface area contributed by atoms with Crippen molar-refractivity contribution in [3.63, 3.8) is 0 Å². The van der Waals surface area contributed by atoms with Gasteiger partial charge in [-0.2, -0.15) is 0 Å². The molecule has 0 saturated carbocycles. The molecule has 88 valence electrons. The molecule has 1 aromatic rings. The Morgan fingerprint density at radius 1 is 1.50 bits per heavy atom. The van der Waals surface area contributed by atoms with Crippen molar-refractivity contribution >= 4 is 11.8 Å². The van der Waals surface area contributed by atoms with Crippen LogP contribution >= 0.6 is 0 Å². The van der Waals surface area contributed by atoms with Crippen molar-refractivity contribution in [2.45, 2.75) is 19.9 Å². The largest absolute Gasteiger partial charge is 0.481 e. The SMILES string of the molecule is COc1cc(NC(C)C(C)C(=O)O)ncn1. The molecule has 1 aromatic heterocycles. The molecule has 16 heavy (non-hydrogen) atoms. The lowest BCUT2D eigenvalue weighted by atomic mass is 10.0. The summed E-state index contributed by atoms with van der Waals surface area (Å²) in [4.78, 5) is 18.6. The number of hydrogen-bond donors (Lipinski definition) is 2. The standard InChI is InChI=1S/C10H15N3O3/c1-6(10(14)15)7(2)13-8-4-9(16-3)12-5-11-8/h4-7H,1-3H3,(H,14,15)(H,11,12,13). The van der Waals surface area contributed by atoms with Crippen LogP contribution in [0.1, 0.15) is 13.8 Å². The lowest BCUT2D eigenvalue weighted by molar-refractivity contribution is -0.141. The molecule has 2 atom stereocenters. The van der Waals surface area contributed by atoms with Crippen molar-refractivity contribution in [2.75, 3.05) is 12.4 Å². The number of nitrogens with zero attached hydrogens (tertiary/aromatic N) is 2. The fraction of sp³-hybridized carbons (Fsp3) is 0.500. The molecule has 0 fully saturated rings. The molecule has 0 amide bonds. The zero-order chi connectivity index (χ0) is 12.1. The van der Waals surface area contributed by atoms with Crippen molar-refractivity contribution in [1.82, 2.24) is 9.97 Å². The summed E-state index contributed by atoms with van der Waals surface area (Å²) in [5.41, 5.74) is 0. The number of hydrogen-bond acceptors (Lipinski definition) is 5. The maximum atomic E-state index is 10.8. The lowest BCUT2D eigenvalue weighted by Gasteiger charge is -2.18. The van der Waals surface area contributed by atoms with Crippen LogP contribution in [-0.2, 0) is 4.79 Å². The normalized spacial score (nSPS) is 13.9. The van der Waals surface area contributed by atoms with Gasteiger partial charge in [0.25, 0.3) is 0 Å². The van der Waals surface area contributed by atoms with E-state index in [1.54, 1.807) is 19.9 Å². The number of anilines is 1. The Labute approximate surface area is 93.7 Å². The molecule has 2 N–H and O–H groups in total. The van der Waals surface area contributed by atoms with Gasteiger partial charge in [0, 0.05) is 12.1 Å². The van der Waals surface area contributed by atoms with Crippen LogP contribution in [0.15, 0.2) is 12.4 Å². The predicted molar refractivity (Wildman–Crippen MR) is 58.5 cm³/mol. The molecule has 0 aromatic carbocycles. The third-order valence-corrected chi connectivity index (χ3v) is 2.37. The van der Waals surface area contributed by atoms with Gasteiger partial charge in [0.15, 0.2) is 0 Å². The topological polar surface area (TPSA) is 84.3 Å². The first kappa shape index (κ1) is 12.2. The minimum absolute atomic E-state index is 0.225. The van der Waals surface area contributed by atoms with Gasteiger partial charge >= 0.3 is 5.97 Å². The van der Waals surface area contributed by atoms with Crippen LogP contribution in [0.5, 0.6) is 5.88 Å². The van der Waals surface area contributed by atoms with Gasteiger partial charge in [-0.15, -0.1) is 0 Å². The summed E-state index contributed by atoms with van der Waals surface area (Å²) in [5.74, 6) is -0.359. The Kier molecular flexibility index (Phi) is 4.04. The highest BCUT2D eigenvalue weighted by atomic mass is 16.5. The van der Waals surface area contributed by atoms with E-state index < -0.39 is 11.9 Å². The number of aromatic nitrogens is 2. The third kappa shape index (κ3) is 3.08. The Balaban J connectivity index is 2.68. The zero-order valence-electron chi connectivity index (χ0n) is 9.47. The van der Waals surface area contributed by atoms with Gasteiger partial charge in [0.1, 0.15) is 12.1 Å². The molecule has 0 aliphatic rings. The van der Waals surface area contributed by atoms with Crippen molar-refractivity contribution in [3.8, 4) is 5.88 Å². The molecule has 1 rings (SSSR count). The molecular formula is C10H15N3O3. The number of carboxylic acid groups (broad SMARTS) is 1. The summed E-state index contributed by atoms with van der Waals surface area (Å²) in [5, 5.41) is 11.8. The van der Waals surface area contributed by atoms with Gasteiger partial charge in [-0.1, -0.05) is 0 Å². The Bertz CT molecular complexity index is 370. The molecule has 2 unspecified atom stereocenters. The molecule has 0 radical (unpaired) electrons. The fourth-order valence-electron chi connectivity index (χ4n) is 1.10. The average Bonchev–Trinajstić information content (AvgIpc) is 2.28. The number of rotatable bonds is 5. The van der Waals surface area contributed by atoms with E-state index in [4.69, 9.17) is 9.84 Å². The van der Waals surface area contributed by atoms with Crippen LogP contribution in [-0.4, -0.2) is 34.2 Å². The van der Waals surface area contributed by atoms with Crippen LogP contribution < -0.4 is 10.1 Å². The number of ether oxygens (including phenoxy) is 1. The molecular weight excluding hydrogens is 210 g/mol. The first-order valence-electron chi connectivity index (χ1n) is 4.90. The van der Waals surface area contributed by atoms with Crippen molar-refractivity contribution in [3.05, 3.63) is 12.4 Å². The molecule has 1 heterocycles. The summed E-state index contributed by atoms with van der Waals surface area (Å²) in [6.07, 6.45) is 1.36. The van der Waals surface area contributed by atoms with E-state index in [0.29, 0.717) is 11.7 Å². The molecule has 0 bridgehead atoms. The maximum Gasteiger partial charge on any atom is 0.308 e. The van der Waals surface area contributed by atoms with Gasteiger partial charge in [0.05, 0.1) is 13.0 Å². The maximum absolute atomic E-state index is 10.8. The summed E-state index contributed by atoms with van der Waals surface area (Å²) >= 11 is 0. The molecule has 0 aliphatic heterocycles. The van der Waals surface area contributed by atoms with E-state index in [2.05, 4.69) is 15.3 Å². The van der Waals surface area contributed by atoms with Gasteiger partial charge in [-0.05, 0) is 13.8 Å². The van der Waals surface area contributed by atoms with Gasteiger partial charge in [-0.3, -0.25) is 4.79 Å². The Hall–Kier alpha value is -1.85. The smallest absolute Gasteiger partial charge is 0.308 e. The zero-order valence-corrected chi connectivity index (χ0v) is 9.47. The van der Waals surface area contributed by atoms with E-state index in [9.17, 15) is 4.79 Å². The van der Waals surface area contributed by atoms with Crippen LogP contribution in [0.25, 0.3) is 0 Å². The fourth-order valence-corrected chi connectivity index (χ4v) is 1.10. The van der Waals surface area contributed by atoms with Crippen molar-refractivity contribution < 1.29 is 14.6 Å². The highest BCUT2D eigenvalue weighted by Gasteiger charge is 2.19. The second-order valence-corrected chi connectivity index (χ2v) is 3.51. The highest BCUT2D eigenvalue weighted by Crippen LogP contribution is 2.14. The third-order valence-electron chi connectivity index (χ3n) is 2.37. The van der Waals surface area contributed by atoms with Crippen LogP contribution in [0.4, 0.5) is 5.82 Å². The van der Waals surface area contributed by atoms with Crippen LogP contribution in [0.3, 0.4) is 0 Å². The summed E-state index contributed by atoms with van der Waals surface area (Å²) in [6.45, 7) is 3.42. The Morgan fingerprint density at radius 3 is 2.75 bits per heavy atom. The lowest BCUT2D eigenvalue weighted by Crippen LogP contribution is -2.30. The van der Waals surface area contributed by atoms with E-state index in [0.717, 1.165) is 0 Å². The van der Waals surface area contributed by atoms with E-state index in [-0.39, 0.29) is 6.04 Å². The summed E-state index contributed by atoms with van der Waals surface area (Å²) in [6, 6.07) is 1.39. The van der Waals surface area contributed by atoms with Gasteiger partial charge in [-0.25, -0.2) is 9.97 Å². The molecule has 0 aliphatic carbocycles. The van der Waals surface area contributed by atoms with Crippen LogP contribution in [0, 0.1) is 5.92 Å². The summed E-state index contributed by atoms with van der Waals surface area (Å²) < 4.78 is 4.94. The molecule has 0 saturated heterocycles. The first-order valence-corrected chi connectivity index (χ1v) is 4.90. The minimum Gasteiger partial charge on any atom is -0.481 e. The first-order chi connectivity index (χ1) is 7.54. The number of methoxy groups -OCH3 is 1. The highest BCUT2D eigenvalue weighted by molar-refractivity contribution is 5.71. The second-order valence-electron chi connectivity index (χ2n) is 3.51. The van der Waals surface area contributed by atoms with E-state index in [1.165, 1.54) is 13.4 Å². The van der Waals surface area contributed by atoms with E-state index >= 15 is 0 Å². The molecule has 6 nitrogen and oxygen atoms in total. The minimum atomic E-state index is -0.846.